The Kier molecular flexibility index (Phi) is 4.78. The highest BCUT2D eigenvalue weighted by molar-refractivity contribution is 5.81. The zero-order valence-electron chi connectivity index (χ0n) is 12.9. The van der Waals surface area contributed by atoms with Gasteiger partial charge in [-0.3, -0.25) is 4.79 Å². The van der Waals surface area contributed by atoms with Crippen LogP contribution >= 0.6 is 0 Å². The summed E-state index contributed by atoms with van der Waals surface area (Å²) in [7, 11) is 1.63. The van der Waals surface area contributed by atoms with Crippen LogP contribution in [0.25, 0.3) is 0 Å². The molecule has 120 valence electrons. The molecule has 0 spiro atoms. The molecular weight excluding hydrogens is 294 g/mol. The molecule has 23 heavy (non-hydrogen) atoms. The fraction of sp³-hybridized carbons (Fsp3) is 0.278. The van der Waals surface area contributed by atoms with E-state index >= 15 is 0 Å². The van der Waals surface area contributed by atoms with E-state index in [1.165, 1.54) is 0 Å². The highest BCUT2D eigenvalue weighted by Crippen LogP contribution is 2.30. The second kappa shape index (κ2) is 7.15. The first-order valence-corrected chi connectivity index (χ1v) is 7.52. The van der Waals surface area contributed by atoms with Gasteiger partial charge in [-0.15, -0.1) is 0 Å². The molecule has 0 saturated heterocycles. The van der Waals surface area contributed by atoms with Crippen molar-refractivity contribution < 1.29 is 19.0 Å². The van der Waals surface area contributed by atoms with Crippen LogP contribution < -0.4 is 14.8 Å². The van der Waals surface area contributed by atoms with Crippen LogP contribution in [0.1, 0.15) is 11.7 Å². The molecule has 1 aliphatic rings. The van der Waals surface area contributed by atoms with Crippen LogP contribution in [-0.2, 0) is 9.53 Å². The lowest BCUT2D eigenvalue weighted by Crippen LogP contribution is -2.45. The molecule has 0 radical (unpaired) electrons. The number of benzene rings is 2. The first-order valence-electron chi connectivity index (χ1n) is 7.52. The van der Waals surface area contributed by atoms with Gasteiger partial charge in [-0.25, -0.2) is 0 Å². The summed E-state index contributed by atoms with van der Waals surface area (Å²) in [5.74, 6) is 1.04. The molecule has 1 aliphatic heterocycles. The fourth-order valence-corrected chi connectivity index (χ4v) is 2.46. The van der Waals surface area contributed by atoms with Crippen LogP contribution in [-0.4, -0.2) is 32.3 Å². The van der Waals surface area contributed by atoms with Crippen molar-refractivity contribution in [2.24, 2.45) is 0 Å². The van der Waals surface area contributed by atoms with Crippen molar-refractivity contribution in [1.82, 2.24) is 5.32 Å². The molecule has 2 aromatic rings. The van der Waals surface area contributed by atoms with E-state index in [0.717, 1.165) is 5.56 Å². The zero-order chi connectivity index (χ0) is 16.1. The molecular formula is C18H19NO4. The van der Waals surface area contributed by atoms with Crippen LogP contribution in [0, 0.1) is 0 Å². The molecule has 0 fully saturated rings. The lowest BCUT2D eigenvalue weighted by Gasteiger charge is -2.26. The summed E-state index contributed by atoms with van der Waals surface area (Å²) in [6.07, 6.45) is -0.852. The number of nitrogens with one attached hydrogen (secondary N) is 1. The molecule has 0 aliphatic carbocycles. The maximum absolute atomic E-state index is 12.3. The molecule has 5 heteroatoms. The third-order valence-electron chi connectivity index (χ3n) is 3.72. The molecule has 0 bridgehead atoms. The Morgan fingerprint density at radius 2 is 1.87 bits per heavy atom. The number of para-hydroxylation sites is 2. The minimum absolute atomic E-state index is 0.197. The van der Waals surface area contributed by atoms with E-state index in [1.807, 2.05) is 48.5 Å². The fourth-order valence-electron chi connectivity index (χ4n) is 2.46. The maximum atomic E-state index is 12.3. The average Bonchev–Trinajstić information content (AvgIpc) is 2.62. The standard InChI is InChI=1S/C18H19NO4/c1-21-16(13-7-3-2-4-8-13)11-19-18(20)17-12-22-14-9-5-6-10-15(14)23-17/h2-10,16-17H,11-12H2,1H3,(H,19,20). The number of amides is 1. The van der Waals surface area contributed by atoms with Gasteiger partial charge in [0.1, 0.15) is 6.61 Å². The van der Waals surface area contributed by atoms with Crippen LogP contribution in [0.3, 0.4) is 0 Å². The Morgan fingerprint density at radius 1 is 1.17 bits per heavy atom. The molecule has 0 saturated carbocycles. The third kappa shape index (κ3) is 3.63. The molecule has 2 aromatic carbocycles. The van der Waals surface area contributed by atoms with Gasteiger partial charge in [-0.2, -0.15) is 0 Å². The number of hydrogen-bond donors (Lipinski definition) is 1. The summed E-state index contributed by atoms with van der Waals surface area (Å²) < 4.78 is 16.7. The van der Waals surface area contributed by atoms with Gasteiger partial charge in [0.15, 0.2) is 11.5 Å². The number of carbonyl (C=O) groups excluding carboxylic acids is 1. The van der Waals surface area contributed by atoms with Crippen molar-refractivity contribution in [3.8, 4) is 11.5 Å². The van der Waals surface area contributed by atoms with Crippen molar-refractivity contribution >= 4 is 5.91 Å². The van der Waals surface area contributed by atoms with Crippen LogP contribution in [0.15, 0.2) is 54.6 Å². The minimum atomic E-state index is -0.654. The van der Waals surface area contributed by atoms with Crippen molar-refractivity contribution in [2.75, 3.05) is 20.3 Å². The summed E-state index contributed by atoms with van der Waals surface area (Å²) in [6, 6.07) is 17.1. The maximum Gasteiger partial charge on any atom is 0.264 e. The Balaban J connectivity index is 1.57. The lowest BCUT2D eigenvalue weighted by atomic mass is 10.1. The Morgan fingerprint density at radius 3 is 2.61 bits per heavy atom. The van der Waals surface area contributed by atoms with E-state index < -0.39 is 6.10 Å². The summed E-state index contributed by atoms with van der Waals surface area (Å²) in [4.78, 5) is 12.3. The lowest BCUT2D eigenvalue weighted by molar-refractivity contribution is -0.130. The molecule has 2 atom stereocenters. The van der Waals surface area contributed by atoms with Crippen LogP contribution in [0.4, 0.5) is 0 Å². The number of carbonyl (C=O) groups is 1. The third-order valence-corrected chi connectivity index (χ3v) is 3.72. The highest BCUT2D eigenvalue weighted by Gasteiger charge is 2.27. The second-order valence-electron chi connectivity index (χ2n) is 5.24. The van der Waals surface area contributed by atoms with Crippen molar-refractivity contribution in [2.45, 2.75) is 12.2 Å². The molecule has 1 N–H and O–H groups in total. The topological polar surface area (TPSA) is 56.8 Å². The average molecular weight is 313 g/mol. The smallest absolute Gasteiger partial charge is 0.264 e. The van der Waals surface area contributed by atoms with Crippen molar-refractivity contribution in [3.05, 3.63) is 60.2 Å². The molecule has 5 nitrogen and oxygen atoms in total. The van der Waals surface area contributed by atoms with Gasteiger partial charge < -0.3 is 19.5 Å². The summed E-state index contributed by atoms with van der Waals surface area (Å²) in [5.41, 5.74) is 1.02. The second-order valence-corrected chi connectivity index (χ2v) is 5.24. The normalized spacial score (nSPS) is 17.3. The Bertz CT molecular complexity index is 659. The molecule has 0 aromatic heterocycles. The monoisotopic (exact) mass is 313 g/mol. The quantitative estimate of drug-likeness (QED) is 0.920. The van der Waals surface area contributed by atoms with Gasteiger partial charge in [-0.05, 0) is 17.7 Å². The number of fused-ring (bicyclic) bond motifs is 1. The van der Waals surface area contributed by atoms with Gasteiger partial charge in [-0.1, -0.05) is 42.5 Å². The van der Waals surface area contributed by atoms with Gasteiger partial charge in [0.05, 0.1) is 6.10 Å². The van der Waals surface area contributed by atoms with Gasteiger partial charge in [0, 0.05) is 13.7 Å². The first-order chi connectivity index (χ1) is 11.3. The Labute approximate surface area is 135 Å². The van der Waals surface area contributed by atoms with E-state index in [-0.39, 0.29) is 18.6 Å². The van der Waals surface area contributed by atoms with Gasteiger partial charge >= 0.3 is 0 Å². The largest absolute Gasteiger partial charge is 0.485 e. The first kappa shape index (κ1) is 15.4. The number of ether oxygens (including phenoxy) is 3. The van der Waals surface area contributed by atoms with E-state index in [1.54, 1.807) is 13.2 Å². The van der Waals surface area contributed by atoms with Crippen LogP contribution in [0.2, 0.25) is 0 Å². The number of hydrogen-bond acceptors (Lipinski definition) is 4. The SMILES string of the molecule is COC(CNC(=O)C1COc2ccccc2O1)c1ccccc1. The molecule has 1 heterocycles. The minimum Gasteiger partial charge on any atom is -0.485 e. The predicted molar refractivity (Wildman–Crippen MR) is 85.6 cm³/mol. The molecule has 1 amide bonds. The van der Waals surface area contributed by atoms with E-state index in [2.05, 4.69) is 5.32 Å². The van der Waals surface area contributed by atoms with E-state index in [4.69, 9.17) is 14.2 Å². The number of methoxy groups -OCH3 is 1. The zero-order valence-corrected chi connectivity index (χ0v) is 12.9. The number of rotatable bonds is 5. The predicted octanol–water partition coefficient (Wildman–Crippen LogP) is 2.33. The van der Waals surface area contributed by atoms with Gasteiger partial charge in [0.2, 0.25) is 6.10 Å². The highest BCUT2D eigenvalue weighted by atomic mass is 16.6. The van der Waals surface area contributed by atoms with Crippen molar-refractivity contribution in [3.63, 3.8) is 0 Å². The van der Waals surface area contributed by atoms with Crippen molar-refractivity contribution in [1.29, 1.82) is 0 Å². The van der Waals surface area contributed by atoms with E-state index in [0.29, 0.717) is 18.0 Å². The summed E-state index contributed by atoms with van der Waals surface area (Å²) >= 11 is 0. The Hall–Kier alpha value is -2.53. The molecule has 3 rings (SSSR count). The van der Waals surface area contributed by atoms with E-state index in [9.17, 15) is 4.79 Å². The summed E-state index contributed by atoms with van der Waals surface area (Å²) in [6.45, 7) is 0.576. The van der Waals surface area contributed by atoms with Crippen LogP contribution in [0.5, 0.6) is 11.5 Å². The molecule has 2 unspecified atom stereocenters. The van der Waals surface area contributed by atoms with Gasteiger partial charge in [0.25, 0.3) is 5.91 Å². The summed E-state index contributed by atoms with van der Waals surface area (Å²) in [5, 5.41) is 2.86.